The highest BCUT2D eigenvalue weighted by Crippen LogP contribution is 2.25. The van der Waals surface area contributed by atoms with Crippen LogP contribution in [0.3, 0.4) is 0 Å². The molecule has 1 aliphatic carbocycles. The fourth-order valence-corrected chi connectivity index (χ4v) is 2.91. The third kappa shape index (κ3) is 4.74. The van der Waals surface area contributed by atoms with Gasteiger partial charge in [-0.05, 0) is 37.8 Å². The van der Waals surface area contributed by atoms with Gasteiger partial charge in [-0.3, -0.25) is 0 Å². The first-order chi connectivity index (χ1) is 12.5. The summed E-state index contributed by atoms with van der Waals surface area (Å²) in [5.41, 5.74) is 0.702. The van der Waals surface area contributed by atoms with Gasteiger partial charge in [0.2, 0.25) is 5.89 Å². The Bertz CT molecular complexity index is 738. The lowest BCUT2D eigenvalue weighted by Crippen LogP contribution is -2.31. The van der Waals surface area contributed by atoms with Crippen LogP contribution >= 0.6 is 0 Å². The minimum absolute atomic E-state index is 0.165. The second-order valence-electron chi connectivity index (χ2n) is 7.04. The van der Waals surface area contributed by atoms with E-state index in [2.05, 4.69) is 15.5 Å². The fraction of sp³-hybridized carbons (Fsp3) is 0.526. The van der Waals surface area contributed by atoms with Gasteiger partial charge < -0.3 is 19.5 Å². The summed E-state index contributed by atoms with van der Waals surface area (Å²) in [6, 6.07) is 7.27. The van der Waals surface area contributed by atoms with Crippen LogP contribution in [0.2, 0.25) is 0 Å². The Morgan fingerprint density at radius 1 is 1.38 bits per heavy atom. The number of carbonyl (C=O) groups is 1. The van der Waals surface area contributed by atoms with Gasteiger partial charge in [-0.2, -0.15) is 4.98 Å². The standard InChI is InChI=1S/C19H26N4O3/c1-13(2)18-21-17(22-26-18)12-23(3)19(24)20-14-7-6-10-16(11-14)25-15-8-4-5-9-15/h6-7,10-11,13,15H,4-5,8-9,12H2,1-3H3,(H,20,24). The molecule has 0 aliphatic heterocycles. The molecule has 1 aromatic carbocycles. The summed E-state index contributed by atoms with van der Waals surface area (Å²) in [6.45, 7) is 4.24. The molecule has 0 atom stereocenters. The summed E-state index contributed by atoms with van der Waals surface area (Å²) < 4.78 is 11.1. The number of rotatable bonds is 6. The molecule has 0 saturated heterocycles. The predicted octanol–water partition coefficient (Wildman–Crippen LogP) is 4.18. The average molecular weight is 358 g/mol. The highest BCUT2D eigenvalue weighted by Gasteiger charge is 2.17. The lowest BCUT2D eigenvalue weighted by atomic mass is 10.2. The number of aromatic nitrogens is 2. The monoisotopic (exact) mass is 358 g/mol. The van der Waals surface area contributed by atoms with Crippen LogP contribution in [-0.2, 0) is 6.54 Å². The smallest absolute Gasteiger partial charge is 0.321 e. The molecular formula is C19H26N4O3. The van der Waals surface area contributed by atoms with Crippen molar-refractivity contribution >= 4 is 11.7 Å². The van der Waals surface area contributed by atoms with Crippen molar-refractivity contribution < 1.29 is 14.1 Å². The van der Waals surface area contributed by atoms with E-state index < -0.39 is 0 Å². The van der Waals surface area contributed by atoms with Crippen molar-refractivity contribution in [2.75, 3.05) is 12.4 Å². The molecule has 1 aliphatic rings. The van der Waals surface area contributed by atoms with Gasteiger partial charge in [0.25, 0.3) is 0 Å². The minimum atomic E-state index is -0.237. The molecule has 3 rings (SSSR count). The van der Waals surface area contributed by atoms with Gasteiger partial charge in [0.15, 0.2) is 5.82 Å². The molecule has 7 heteroatoms. The van der Waals surface area contributed by atoms with E-state index in [-0.39, 0.29) is 24.6 Å². The lowest BCUT2D eigenvalue weighted by Gasteiger charge is -2.17. The number of carbonyl (C=O) groups excluding carboxylic acids is 1. The zero-order chi connectivity index (χ0) is 18.5. The third-order valence-electron chi connectivity index (χ3n) is 4.39. The summed E-state index contributed by atoms with van der Waals surface area (Å²) in [5, 5.41) is 6.79. The van der Waals surface area contributed by atoms with Crippen LogP contribution in [-0.4, -0.2) is 34.2 Å². The van der Waals surface area contributed by atoms with E-state index in [0.717, 1.165) is 18.6 Å². The van der Waals surface area contributed by atoms with Crippen molar-refractivity contribution in [3.63, 3.8) is 0 Å². The van der Waals surface area contributed by atoms with Gasteiger partial charge in [0.1, 0.15) is 5.75 Å². The van der Waals surface area contributed by atoms with Gasteiger partial charge in [0.05, 0.1) is 12.6 Å². The molecule has 2 aromatic rings. The number of hydrogen-bond donors (Lipinski definition) is 1. The van der Waals surface area contributed by atoms with E-state index in [9.17, 15) is 4.79 Å². The molecule has 1 aromatic heterocycles. The van der Waals surface area contributed by atoms with Crippen LogP contribution < -0.4 is 10.1 Å². The first kappa shape index (κ1) is 18.2. The number of benzene rings is 1. The van der Waals surface area contributed by atoms with E-state index in [1.165, 1.54) is 17.7 Å². The molecule has 7 nitrogen and oxygen atoms in total. The molecule has 2 amide bonds. The summed E-state index contributed by atoms with van der Waals surface area (Å²) in [7, 11) is 1.69. The van der Waals surface area contributed by atoms with Crippen LogP contribution in [0.25, 0.3) is 0 Å². The highest BCUT2D eigenvalue weighted by atomic mass is 16.5. The molecular weight excluding hydrogens is 332 g/mol. The Labute approximate surface area is 153 Å². The Balaban J connectivity index is 1.56. The summed E-state index contributed by atoms with van der Waals surface area (Å²) >= 11 is 0. The lowest BCUT2D eigenvalue weighted by molar-refractivity contribution is 0.210. The number of nitrogens with zero attached hydrogens (tertiary/aromatic N) is 3. The van der Waals surface area contributed by atoms with Crippen molar-refractivity contribution in [3.8, 4) is 5.75 Å². The number of ether oxygens (including phenoxy) is 1. The number of nitrogens with one attached hydrogen (secondary N) is 1. The van der Waals surface area contributed by atoms with Gasteiger partial charge in [-0.25, -0.2) is 4.79 Å². The zero-order valence-electron chi connectivity index (χ0n) is 15.6. The topological polar surface area (TPSA) is 80.5 Å². The van der Waals surface area contributed by atoms with Gasteiger partial charge >= 0.3 is 6.03 Å². The van der Waals surface area contributed by atoms with E-state index in [1.54, 1.807) is 7.05 Å². The van der Waals surface area contributed by atoms with Crippen molar-refractivity contribution in [3.05, 3.63) is 36.0 Å². The quantitative estimate of drug-likeness (QED) is 0.838. The molecule has 0 radical (unpaired) electrons. The minimum Gasteiger partial charge on any atom is -0.490 e. The summed E-state index contributed by atoms with van der Waals surface area (Å²) in [5.74, 6) is 2.02. The zero-order valence-corrected chi connectivity index (χ0v) is 15.6. The largest absolute Gasteiger partial charge is 0.490 e. The number of anilines is 1. The van der Waals surface area contributed by atoms with Crippen molar-refractivity contribution in [1.29, 1.82) is 0 Å². The summed E-state index contributed by atoms with van der Waals surface area (Å²) in [6.07, 6.45) is 4.93. The number of hydrogen-bond acceptors (Lipinski definition) is 5. The van der Waals surface area contributed by atoms with E-state index in [0.29, 0.717) is 17.4 Å². The highest BCUT2D eigenvalue weighted by molar-refractivity contribution is 5.89. The van der Waals surface area contributed by atoms with E-state index in [1.807, 2.05) is 38.1 Å². The molecule has 1 fully saturated rings. The summed E-state index contributed by atoms with van der Waals surface area (Å²) in [4.78, 5) is 18.2. The molecule has 1 N–H and O–H groups in total. The SMILES string of the molecule is CC(C)c1nc(CN(C)C(=O)Nc2cccc(OC3CCCC3)c2)no1. The van der Waals surface area contributed by atoms with Crippen LogP contribution in [0, 0.1) is 0 Å². The number of amides is 2. The van der Waals surface area contributed by atoms with Crippen molar-refractivity contribution in [2.45, 2.75) is 58.1 Å². The van der Waals surface area contributed by atoms with Crippen LogP contribution in [0.4, 0.5) is 10.5 Å². The maximum atomic E-state index is 12.4. The second-order valence-corrected chi connectivity index (χ2v) is 7.04. The molecule has 1 heterocycles. The maximum Gasteiger partial charge on any atom is 0.321 e. The van der Waals surface area contributed by atoms with E-state index >= 15 is 0 Å². The van der Waals surface area contributed by atoms with Gasteiger partial charge in [-0.15, -0.1) is 0 Å². The first-order valence-electron chi connectivity index (χ1n) is 9.12. The van der Waals surface area contributed by atoms with Crippen LogP contribution in [0.5, 0.6) is 5.75 Å². The molecule has 140 valence electrons. The van der Waals surface area contributed by atoms with Crippen molar-refractivity contribution in [1.82, 2.24) is 15.0 Å². The Morgan fingerprint density at radius 3 is 2.85 bits per heavy atom. The molecule has 0 bridgehead atoms. The normalized spacial score (nSPS) is 14.6. The maximum absolute atomic E-state index is 12.4. The molecule has 1 saturated carbocycles. The Morgan fingerprint density at radius 2 is 2.15 bits per heavy atom. The first-order valence-corrected chi connectivity index (χ1v) is 9.12. The molecule has 0 spiro atoms. The van der Waals surface area contributed by atoms with Crippen molar-refractivity contribution in [2.24, 2.45) is 0 Å². The van der Waals surface area contributed by atoms with Gasteiger partial charge in [0, 0.05) is 24.7 Å². The predicted molar refractivity (Wildman–Crippen MR) is 98.2 cm³/mol. The van der Waals surface area contributed by atoms with Crippen LogP contribution in [0.1, 0.15) is 57.2 Å². The Hall–Kier alpha value is -2.57. The second kappa shape index (κ2) is 8.21. The molecule has 26 heavy (non-hydrogen) atoms. The fourth-order valence-electron chi connectivity index (χ4n) is 2.91. The van der Waals surface area contributed by atoms with Gasteiger partial charge in [-0.1, -0.05) is 25.1 Å². The third-order valence-corrected chi connectivity index (χ3v) is 4.39. The Kier molecular flexibility index (Phi) is 5.75. The number of urea groups is 1. The van der Waals surface area contributed by atoms with Crippen LogP contribution in [0.15, 0.2) is 28.8 Å². The van der Waals surface area contributed by atoms with E-state index in [4.69, 9.17) is 9.26 Å². The average Bonchev–Trinajstić information content (AvgIpc) is 3.27. The molecule has 0 unspecified atom stereocenters.